The van der Waals surface area contributed by atoms with Gasteiger partial charge in [-0.3, -0.25) is 9.79 Å². The monoisotopic (exact) mass is 232 g/mol. The van der Waals surface area contributed by atoms with E-state index in [1.165, 1.54) is 11.8 Å². The van der Waals surface area contributed by atoms with Crippen LogP contribution in [-0.2, 0) is 0 Å². The molecule has 82 valence electrons. The molecule has 16 heavy (non-hydrogen) atoms. The maximum absolute atomic E-state index is 11.8. The molecule has 0 radical (unpaired) electrons. The fourth-order valence-electron chi connectivity index (χ4n) is 1.30. The zero-order valence-electron chi connectivity index (χ0n) is 8.67. The Morgan fingerprint density at radius 1 is 1.38 bits per heavy atom. The molecule has 1 aromatic rings. The molecule has 1 aromatic carbocycles. The van der Waals surface area contributed by atoms with Gasteiger partial charge in [-0.2, -0.15) is 0 Å². The van der Waals surface area contributed by atoms with Crippen molar-refractivity contribution in [1.82, 2.24) is 5.32 Å². The van der Waals surface area contributed by atoms with Gasteiger partial charge in [-0.15, -0.1) is 11.8 Å². The Morgan fingerprint density at radius 2 is 2.19 bits per heavy atom. The fraction of sp³-hybridized carbons (Fsp3) is 0.167. The van der Waals surface area contributed by atoms with E-state index in [1.807, 2.05) is 42.6 Å². The van der Waals surface area contributed by atoms with E-state index in [-0.39, 0.29) is 11.3 Å². The van der Waals surface area contributed by atoms with Crippen LogP contribution in [0.5, 0.6) is 0 Å². The van der Waals surface area contributed by atoms with Crippen LogP contribution in [-0.4, -0.2) is 23.2 Å². The summed E-state index contributed by atoms with van der Waals surface area (Å²) >= 11 is 1.49. The highest BCUT2D eigenvalue weighted by molar-refractivity contribution is 8.00. The van der Waals surface area contributed by atoms with Gasteiger partial charge in [0, 0.05) is 18.0 Å². The molecule has 0 bridgehead atoms. The molecule has 2 rings (SSSR count). The van der Waals surface area contributed by atoms with E-state index < -0.39 is 0 Å². The van der Waals surface area contributed by atoms with Crippen molar-refractivity contribution in [3.8, 4) is 0 Å². The highest BCUT2D eigenvalue weighted by Gasteiger charge is 2.10. The average Bonchev–Trinajstić information content (AvgIpc) is 2.38. The van der Waals surface area contributed by atoms with Crippen molar-refractivity contribution in [1.29, 1.82) is 0 Å². The standard InChI is InChI=1S/C12H12N2OS/c15-11(10-5-2-1-3-6-10)9-16-12-13-7-4-8-14-12/h1-8,12-13H,9H2. The number of carbonyl (C=O) groups is 1. The number of carbonyl (C=O) groups excluding carboxylic acids is 1. The van der Waals surface area contributed by atoms with E-state index in [1.54, 1.807) is 6.21 Å². The summed E-state index contributed by atoms with van der Waals surface area (Å²) in [5.74, 6) is 0.574. The van der Waals surface area contributed by atoms with Crippen LogP contribution in [0.4, 0.5) is 0 Å². The lowest BCUT2D eigenvalue weighted by atomic mass is 10.2. The predicted molar refractivity (Wildman–Crippen MR) is 67.8 cm³/mol. The van der Waals surface area contributed by atoms with Gasteiger partial charge >= 0.3 is 0 Å². The van der Waals surface area contributed by atoms with Crippen molar-refractivity contribution in [2.24, 2.45) is 4.99 Å². The first kappa shape index (κ1) is 11.0. The van der Waals surface area contributed by atoms with Crippen LogP contribution in [0.2, 0.25) is 0 Å². The molecule has 0 saturated carbocycles. The fourth-order valence-corrected chi connectivity index (χ4v) is 2.11. The van der Waals surface area contributed by atoms with Crippen molar-refractivity contribution in [3.63, 3.8) is 0 Å². The third-order valence-electron chi connectivity index (χ3n) is 2.11. The Labute approximate surface area is 98.7 Å². The molecule has 4 heteroatoms. The lowest BCUT2D eigenvalue weighted by Crippen LogP contribution is -2.22. The van der Waals surface area contributed by atoms with E-state index in [0.29, 0.717) is 5.75 Å². The first-order valence-electron chi connectivity index (χ1n) is 5.00. The minimum Gasteiger partial charge on any atom is -0.361 e. The zero-order valence-corrected chi connectivity index (χ0v) is 9.48. The van der Waals surface area contributed by atoms with E-state index >= 15 is 0 Å². The van der Waals surface area contributed by atoms with Gasteiger partial charge in [0.15, 0.2) is 11.3 Å². The highest BCUT2D eigenvalue weighted by atomic mass is 32.2. The molecule has 0 saturated heterocycles. The number of aliphatic imine (C=N–C) groups is 1. The molecule has 1 unspecified atom stereocenters. The summed E-state index contributed by atoms with van der Waals surface area (Å²) in [6.07, 6.45) is 5.40. The SMILES string of the molecule is O=C(CSC1N=CC=CN1)c1ccccc1. The first-order chi connectivity index (χ1) is 7.86. The number of rotatable bonds is 4. The second-order valence-corrected chi connectivity index (χ2v) is 4.35. The molecule has 1 N–H and O–H groups in total. The highest BCUT2D eigenvalue weighted by Crippen LogP contribution is 2.13. The van der Waals surface area contributed by atoms with Crippen molar-refractivity contribution in [2.75, 3.05) is 5.75 Å². The summed E-state index contributed by atoms with van der Waals surface area (Å²) in [7, 11) is 0. The second kappa shape index (κ2) is 5.51. The van der Waals surface area contributed by atoms with Gasteiger partial charge in [0.1, 0.15) is 0 Å². The summed E-state index contributed by atoms with van der Waals surface area (Å²) < 4.78 is 0. The van der Waals surface area contributed by atoms with E-state index in [9.17, 15) is 4.79 Å². The smallest absolute Gasteiger partial charge is 0.172 e. The van der Waals surface area contributed by atoms with Gasteiger partial charge in [-0.05, 0) is 6.08 Å². The number of nitrogens with one attached hydrogen (secondary N) is 1. The molecule has 1 heterocycles. The largest absolute Gasteiger partial charge is 0.361 e. The lowest BCUT2D eigenvalue weighted by Gasteiger charge is -2.13. The molecule has 0 fully saturated rings. The summed E-state index contributed by atoms with van der Waals surface area (Å²) in [6, 6.07) is 9.32. The van der Waals surface area contributed by atoms with Gasteiger partial charge in [-0.1, -0.05) is 30.3 Å². The Kier molecular flexibility index (Phi) is 3.77. The molecule has 0 spiro atoms. The number of hydrogen-bond donors (Lipinski definition) is 1. The third-order valence-corrected chi connectivity index (χ3v) is 3.11. The van der Waals surface area contributed by atoms with Crippen LogP contribution < -0.4 is 5.32 Å². The van der Waals surface area contributed by atoms with Gasteiger partial charge in [0.25, 0.3) is 0 Å². The number of hydrogen-bond acceptors (Lipinski definition) is 4. The van der Waals surface area contributed by atoms with Gasteiger partial charge in [0.05, 0.1) is 5.75 Å². The number of allylic oxidation sites excluding steroid dienone is 1. The van der Waals surface area contributed by atoms with Crippen LogP contribution in [0.15, 0.2) is 47.6 Å². The number of thioether (sulfide) groups is 1. The molecule has 3 nitrogen and oxygen atoms in total. The third kappa shape index (κ3) is 2.97. The molecule has 0 amide bonds. The average molecular weight is 232 g/mol. The van der Waals surface area contributed by atoms with Crippen molar-refractivity contribution in [3.05, 3.63) is 48.2 Å². The van der Waals surface area contributed by atoms with E-state index in [0.717, 1.165) is 5.56 Å². The topological polar surface area (TPSA) is 41.5 Å². The quantitative estimate of drug-likeness (QED) is 0.808. The molecule has 1 atom stereocenters. The summed E-state index contributed by atoms with van der Waals surface area (Å²) in [4.78, 5) is 16.0. The zero-order chi connectivity index (χ0) is 11.2. The Hall–Kier alpha value is -1.55. The normalized spacial score (nSPS) is 18.1. The summed E-state index contributed by atoms with van der Waals surface area (Å²) in [6.45, 7) is 0. The summed E-state index contributed by atoms with van der Waals surface area (Å²) in [5, 5.41) is 3.06. The predicted octanol–water partition coefficient (Wildman–Crippen LogP) is 2.07. The molecule has 1 aliphatic heterocycles. The molecule has 0 aliphatic carbocycles. The van der Waals surface area contributed by atoms with Crippen LogP contribution in [0, 0.1) is 0 Å². The number of benzene rings is 1. The van der Waals surface area contributed by atoms with E-state index in [2.05, 4.69) is 10.3 Å². The van der Waals surface area contributed by atoms with Crippen LogP contribution >= 0.6 is 11.8 Å². The van der Waals surface area contributed by atoms with Crippen LogP contribution in [0.3, 0.4) is 0 Å². The first-order valence-corrected chi connectivity index (χ1v) is 6.05. The van der Waals surface area contributed by atoms with Crippen molar-refractivity contribution < 1.29 is 4.79 Å². The van der Waals surface area contributed by atoms with E-state index in [4.69, 9.17) is 0 Å². The second-order valence-electron chi connectivity index (χ2n) is 3.28. The maximum Gasteiger partial charge on any atom is 0.172 e. The lowest BCUT2D eigenvalue weighted by molar-refractivity contribution is 0.102. The number of nitrogens with zero attached hydrogens (tertiary/aromatic N) is 1. The van der Waals surface area contributed by atoms with Crippen molar-refractivity contribution >= 4 is 23.8 Å². The van der Waals surface area contributed by atoms with Crippen LogP contribution in [0.25, 0.3) is 0 Å². The van der Waals surface area contributed by atoms with Gasteiger partial charge in [0.2, 0.25) is 0 Å². The number of ketones is 1. The Balaban J connectivity index is 1.84. The Bertz CT molecular complexity index is 414. The maximum atomic E-state index is 11.8. The number of Topliss-reactive ketones (excluding diaryl/α,β-unsaturated/α-hetero) is 1. The molecule has 1 aliphatic rings. The minimum absolute atomic E-state index is 0.0438. The molecular formula is C12H12N2OS. The van der Waals surface area contributed by atoms with Gasteiger partial charge in [-0.25, -0.2) is 0 Å². The molecular weight excluding hydrogens is 220 g/mol. The summed E-state index contributed by atoms with van der Waals surface area (Å²) in [5.41, 5.74) is 0.711. The van der Waals surface area contributed by atoms with Gasteiger partial charge < -0.3 is 5.32 Å². The Morgan fingerprint density at radius 3 is 2.88 bits per heavy atom. The molecule has 0 aromatic heterocycles. The van der Waals surface area contributed by atoms with Crippen molar-refractivity contribution in [2.45, 2.75) is 5.50 Å². The van der Waals surface area contributed by atoms with Crippen LogP contribution in [0.1, 0.15) is 10.4 Å². The minimum atomic E-state index is -0.0438.